The predicted molar refractivity (Wildman–Crippen MR) is 71.8 cm³/mol. The Balaban J connectivity index is 1.97. The van der Waals surface area contributed by atoms with Gasteiger partial charge in [-0.2, -0.15) is 0 Å². The van der Waals surface area contributed by atoms with Crippen LogP contribution in [0.4, 0.5) is 0 Å². The Bertz CT molecular complexity index is 149. The zero-order chi connectivity index (χ0) is 11.6. The molecule has 1 fully saturated rings. The lowest BCUT2D eigenvalue weighted by molar-refractivity contribution is 0.247. The van der Waals surface area contributed by atoms with Crippen LogP contribution in [0.1, 0.15) is 52.4 Å². The molecule has 1 aliphatic heterocycles. The minimum Gasteiger partial charge on any atom is -0.315 e. The highest BCUT2D eigenvalue weighted by Gasteiger charge is 2.06. The Morgan fingerprint density at radius 3 is 2.19 bits per heavy atom. The summed E-state index contributed by atoms with van der Waals surface area (Å²) in [5.74, 6) is 0.828. The summed E-state index contributed by atoms with van der Waals surface area (Å²) < 4.78 is 0. The Hall–Kier alpha value is -0.0800. The number of nitrogens with one attached hydrogen (secondary N) is 1. The molecule has 96 valence electrons. The van der Waals surface area contributed by atoms with Crippen LogP contribution in [-0.2, 0) is 0 Å². The molecule has 0 atom stereocenters. The number of likely N-dealkylation sites (tertiary alicyclic amines) is 1. The van der Waals surface area contributed by atoms with Gasteiger partial charge in [0, 0.05) is 13.1 Å². The molecule has 0 aromatic heterocycles. The summed E-state index contributed by atoms with van der Waals surface area (Å²) in [6, 6.07) is 0. The third kappa shape index (κ3) is 7.24. The van der Waals surface area contributed by atoms with E-state index in [1.54, 1.807) is 0 Å². The topological polar surface area (TPSA) is 15.3 Å². The van der Waals surface area contributed by atoms with Gasteiger partial charge in [0.15, 0.2) is 0 Å². The Morgan fingerprint density at radius 1 is 0.938 bits per heavy atom. The second kappa shape index (κ2) is 9.00. The molecule has 1 aliphatic rings. The van der Waals surface area contributed by atoms with Crippen molar-refractivity contribution in [3.63, 3.8) is 0 Å². The van der Waals surface area contributed by atoms with E-state index in [2.05, 4.69) is 24.1 Å². The fourth-order valence-electron chi connectivity index (χ4n) is 2.29. The molecule has 0 aromatic carbocycles. The van der Waals surface area contributed by atoms with Gasteiger partial charge in [0.25, 0.3) is 0 Å². The first-order valence-electron chi connectivity index (χ1n) is 7.22. The first-order valence-corrected chi connectivity index (χ1v) is 7.22. The van der Waals surface area contributed by atoms with Crippen molar-refractivity contribution < 1.29 is 0 Å². The van der Waals surface area contributed by atoms with Gasteiger partial charge in [-0.15, -0.1) is 0 Å². The second-order valence-corrected chi connectivity index (χ2v) is 5.54. The van der Waals surface area contributed by atoms with Crippen molar-refractivity contribution in [2.45, 2.75) is 52.4 Å². The maximum Gasteiger partial charge on any atom is 0.0107 e. The Labute approximate surface area is 102 Å². The zero-order valence-corrected chi connectivity index (χ0v) is 11.3. The molecule has 0 unspecified atom stereocenters. The van der Waals surface area contributed by atoms with Crippen LogP contribution in [0.5, 0.6) is 0 Å². The van der Waals surface area contributed by atoms with Gasteiger partial charge < -0.3 is 10.2 Å². The van der Waals surface area contributed by atoms with Gasteiger partial charge in [-0.05, 0) is 44.8 Å². The van der Waals surface area contributed by atoms with Crippen LogP contribution in [0.3, 0.4) is 0 Å². The van der Waals surface area contributed by atoms with Crippen LogP contribution in [-0.4, -0.2) is 37.6 Å². The quantitative estimate of drug-likeness (QED) is 0.701. The smallest absolute Gasteiger partial charge is 0.0107 e. The minimum absolute atomic E-state index is 0.828. The molecule has 1 heterocycles. The van der Waals surface area contributed by atoms with Crippen LogP contribution in [0.2, 0.25) is 0 Å². The molecule has 1 saturated heterocycles. The first-order chi connectivity index (χ1) is 7.79. The fraction of sp³-hybridized carbons (Fsp3) is 1.00. The summed E-state index contributed by atoms with van der Waals surface area (Å²) in [4.78, 5) is 2.64. The number of rotatable bonds is 6. The van der Waals surface area contributed by atoms with E-state index in [1.807, 2.05) is 0 Å². The SMILES string of the molecule is CC(C)CCNCCN1CCCCCCC1. The Kier molecular flexibility index (Phi) is 7.87. The molecule has 0 spiro atoms. The fourth-order valence-corrected chi connectivity index (χ4v) is 2.29. The summed E-state index contributed by atoms with van der Waals surface area (Å²) in [5, 5.41) is 3.56. The van der Waals surface area contributed by atoms with E-state index in [9.17, 15) is 0 Å². The minimum atomic E-state index is 0.828. The van der Waals surface area contributed by atoms with E-state index < -0.39 is 0 Å². The predicted octanol–water partition coefficient (Wildman–Crippen LogP) is 2.89. The van der Waals surface area contributed by atoms with Crippen LogP contribution >= 0.6 is 0 Å². The summed E-state index contributed by atoms with van der Waals surface area (Å²) >= 11 is 0. The van der Waals surface area contributed by atoms with Crippen LogP contribution < -0.4 is 5.32 Å². The van der Waals surface area contributed by atoms with Crippen molar-refractivity contribution in [1.82, 2.24) is 10.2 Å². The monoisotopic (exact) mass is 226 g/mol. The summed E-state index contributed by atoms with van der Waals surface area (Å²) in [6.07, 6.45) is 8.47. The molecular weight excluding hydrogens is 196 g/mol. The average Bonchev–Trinajstić information content (AvgIpc) is 2.19. The highest BCUT2D eigenvalue weighted by atomic mass is 15.1. The third-order valence-electron chi connectivity index (χ3n) is 3.45. The van der Waals surface area contributed by atoms with Gasteiger partial charge in [-0.3, -0.25) is 0 Å². The first kappa shape index (κ1) is 14.0. The maximum absolute atomic E-state index is 3.56. The third-order valence-corrected chi connectivity index (χ3v) is 3.45. The summed E-state index contributed by atoms with van der Waals surface area (Å²) in [6.45, 7) is 10.8. The van der Waals surface area contributed by atoms with E-state index in [0.29, 0.717) is 0 Å². The van der Waals surface area contributed by atoms with Gasteiger partial charge in [-0.1, -0.05) is 33.1 Å². The standard InChI is InChI=1S/C14H30N2/c1-14(2)8-9-15-10-13-16-11-6-4-3-5-7-12-16/h14-15H,3-13H2,1-2H3. The van der Waals surface area contributed by atoms with E-state index in [-0.39, 0.29) is 0 Å². The van der Waals surface area contributed by atoms with Gasteiger partial charge in [0.05, 0.1) is 0 Å². The molecule has 0 aromatic rings. The van der Waals surface area contributed by atoms with Crippen molar-refractivity contribution in [1.29, 1.82) is 0 Å². The number of hydrogen-bond donors (Lipinski definition) is 1. The molecule has 0 bridgehead atoms. The van der Waals surface area contributed by atoms with Crippen molar-refractivity contribution >= 4 is 0 Å². The molecule has 16 heavy (non-hydrogen) atoms. The van der Waals surface area contributed by atoms with Crippen molar-refractivity contribution in [3.05, 3.63) is 0 Å². The highest BCUT2D eigenvalue weighted by Crippen LogP contribution is 2.09. The summed E-state index contributed by atoms with van der Waals surface area (Å²) in [5.41, 5.74) is 0. The van der Waals surface area contributed by atoms with Gasteiger partial charge in [0.1, 0.15) is 0 Å². The normalized spacial score (nSPS) is 19.7. The van der Waals surface area contributed by atoms with E-state index in [4.69, 9.17) is 0 Å². The Morgan fingerprint density at radius 2 is 1.56 bits per heavy atom. The zero-order valence-electron chi connectivity index (χ0n) is 11.3. The van der Waals surface area contributed by atoms with Crippen LogP contribution in [0.15, 0.2) is 0 Å². The van der Waals surface area contributed by atoms with Crippen molar-refractivity contribution in [2.24, 2.45) is 5.92 Å². The van der Waals surface area contributed by atoms with E-state index in [0.717, 1.165) is 5.92 Å². The molecule has 2 nitrogen and oxygen atoms in total. The molecule has 0 radical (unpaired) electrons. The lowest BCUT2D eigenvalue weighted by Gasteiger charge is -2.24. The molecule has 2 heteroatoms. The molecule has 0 saturated carbocycles. The molecule has 0 aliphatic carbocycles. The molecule has 0 amide bonds. The summed E-state index contributed by atoms with van der Waals surface area (Å²) in [7, 11) is 0. The van der Waals surface area contributed by atoms with Gasteiger partial charge in [0.2, 0.25) is 0 Å². The number of hydrogen-bond acceptors (Lipinski definition) is 2. The van der Waals surface area contributed by atoms with Gasteiger partial charge in [-0.25, -0.2) is 0 Å². The molecule has 1 N–H and O–H groups in total. The maximum atomic E-state index is 3.56. The average molecular weight is 226 g/mol. The van der Waals surface area contributed by atoms with Crippen LogP contribution in [0.25, 0.3) is 0 Å². The molecule has 1 rings (SSSR count). The van der Waals surface area contributed by atoms with E-state index in [1.165, 1.54) is 71.2 Å². The van der Waals surface area contributed by atoms with E-state index >= 15 is 0 Å². The lowest BCUT2D eigenvalue weighted by atomic mass is 10.1. The van der Waals surface area contributed by atoms with Gasteiger partial charge >= 0.3 is 0 Å². The lowest BCUT2D eigenvalue weighted by Crippen LogP contribution is -2.34. The number of nitrogens with zero attached hydrogens (tertiary/aromatic N) is 1. The van der Waals surface area contributed by atoms with Crippen molar-refractivity contribution in [2.75, 3.05) is 32.7 Å². The van der Waals surface area contributed by atoms with Crippen molar-refractivity contribution in [3.8, 4) is 0 Å². The molecular formula is C14H30N2. The highest BCUT2D eigenvalue weighted by molar-refractivity contribution is 4.64. The van der Waals surface area contributed by atoms with Crippen LogP contribution in [0, 0.1) is 5.92 Å². The second-order valence-electron chi connectivity index (χ2n) is 5.54. The largest absolute Gasteiger partial charge is 0.315 e.